The van der Waals surface area contributed by atoms with Gasteiger partial charge in [0.2, 0.25) is 5.91 Å². The van der Waals surface area contributed by atoms with Crippen LogP contribution in [0.3, 0.4) is 0 Å². The fourth-order valence-electron chi connectivity index (χ4n) is 2.84. The number of nitrogens with one attached hydrogen (secondary N) is 1. The molecule has 3 rings (SSSR count). The van der Waals surface area contributed by atoms with E-state index in [1.54, 1.807) is 30.5 Å². The van der Waals surface area contributed by atoms with Crippen LogP contribution in [0, 0.1) is 12.7 Å². The molecular weight excluding hydrogens is 372 g/mol. The lowest BCUT2D eigenvalue weighted by Gasteiger charge is -2.13. The predicted octanol–water partition coefficient (Wildman–Crippen LogP) is 5.40. The van der Waals surface area contributed by atoms with E-state index in [1.807, 2.05) is 19.1 Å². The van der Waals surface area contributed by atoms with Gasteiger partial charge in [-0.25, -0.2) is 4.39 Å². The molecule has 0 spiro atoms. The normalized spacial score (nSPS) is 11.3. The molecule has 0 bridgehead atoms. The SMILES string of the molecule is Cc1cc(-c2ccc(NC(=O)Cc3c(F)cccc3C(F)(F)F)cc2)ccn1. The third-order valence-electron chi connectivity index (χ3n) is 4.16. The summed E-state index contributed by atoms with van der Waals surface area (Å²) in [6.45, 7) is 1.87. The number of amides is 1. The Morgan fingerprint density at radius 2 is 1.75 bits per heavy atom. The van der Waals surface area contributed by atoms with Crippen LogP contribution in [0.4, 0.5) is 23.2 Å². The monoisotopic (exact) mass is 388 g/mol. The van der Waals surface area contributed by atoms with Crippen LogP contribution in [-0.4, -0.2) is 10.9 Å². The second-order valence-electron chi connectivity index (χ2n) is 6.25. The molecule has 1 N–H and O–H groups in total. The molecular formula is C21H16F4N2O. The molecule has 0 saturated heterocycles. The van der Waals surface area contributed by atoms with Crippen molar-refractivity contribution < 1.29 is 22.4 Å². The second kappa shape index (κ2) is 7.80. The highest BCUT2D eigenvalue weighted by molar-refractivity contribution is 5.92. The Bertz CT molecular complexity index is 998. The van der Waals surface area contributed by atoms with Crippen LogP contribution in [0.1, 0.15) is 16.8 Å². The van der Waals surface area contributed by atoms with Crippen molar-refractivity contribution in [2.75, 3.05) is 5.32 Å². The molecule has 1 heterocycles. The number of aromatic nitrogens is 1. The zero-order chi connectivity index (χ0) is 20.3. The van der Waals surface area contributed by atoms with Gasteiger partial charge in [-0.05, 0) is 54.4 Å². The van der Waals surface area contributed by atoms with Gasteiger partial charge in [-0.15, -0.1) is 0 Å². The minimum Gasteiger partial charge on any atom is -0.326 e. The molecule has 2 aromatic carbocycles. The van der Waals surface area contributed by atoms with Gasteiger partial charge in [-0.2, -0.15) is 13.2 Å². The summed E-state index contributed by atoms with van der Waals surface area (Å²) in [6, 6.07) is 13.2. The number of anilines is 1. The van der Waals surface area contributed by atoms with E-state index < -0.39 is 35.4 Å². The van der Waals surface area contributed by atoms with Crippen LogP contribution in [-0.2, 0) is 17.4 Å². The van der Waals surface area contributed by atoms with Crippen LogP contribution in [0.15, 0.2) is 60.8 Å². The third-order valence-corrected chi connectivity index (χ3v) is 4.16. The summed E-state index contributed by atoms with van der Waals surface area (Å²) in [7, 11) is 0. The molecule has 1 aromatic heterocycles. The number of pyridine rings is 1. The molecule has 1 amide bonds. The fourth-order valence-corrected chi connectivity index (χ4v) is 2.84. The Hall–Kier alpha value is -3.22. The Labute approximate surface area is 159 Å². The number of carbonyl (C=O) groups excluding carboxylic acids is 1. The van der Waals surface area contributed by atoms with E-state index in [2.05, 4.69) is 10.3 Å². The molecule has 0 fully saturated rings. The molecule has 144 valence electrons. The summed E-state index contributed by atoms with van der Waals surface area (Å²) in [4.78, 5) is 16.3. The average Bonchev–Trinajstić information content (AvgIpc) is 2.63. The number of halogens is 4. The van der Waals surface area contributed by atoms with Gasteiger partial charge in [0.25, 0.3) is 0 Å². The number of alkyl halides is 3. The molecule has 3 nitrogen and oxygen atoms in total. The molecule has 0 aliphatic carbocycles. The summed E-state index contributed by atoms with van der Waals surface area (Å²) in [5.74, 6) is -1.79. The topological polar surface area (TPSA) is 42.0 Å². The van der Waals surface area contributed by atoms with E-state index in [4.69, 9.17) is 0 Å². The number of hydrogen-bond donors (Lipinski definition) is 1. The van der Waals surface area contributed by atoms with Gasteiger partial charge in [0.05, 0.1) is 12.0 Å². The molecule has 0 aliphatic rings. The van der Waals surface area contributed by atoms with Crippen molar-refractivity contribution in [1.82, 2.24) is 4.98 Å². The number of benzene rings is 2. The van der Waals surface area contributed by atoms with Gasteiger partial charge in [-0.1, -0.05) is 18.2 Å². The first kappa shape index (κ1) is 19.5. The fraction of sp³-hybridized carbons (Fsp3) is 0.143. The van der Waals surface area contributed by atoms with Gasteiger partial charge in [0.1, 0.15) is 5.82 Å². The summed E-state index contributed by atoms with van der Waals surface area (Å²) < 4.78 is 53.0. The van der Waals surface area contributed by atoms with Crippen LogP contribution in [0.5, 0.6) is 0 Å². The first-order valence-corrected chi connectivity index (χ1v) is 8.41. The zero-order valence-electron chi connectivity index (χ0n) is 14.8. The van der Waals surface area contributed by atoms with Crippen LogP contribution in [0.25, 0.3) is 11.1 Å². The maximum absolute atomic E-state index is 13.9. The first-order chi connectivity index (χ1) is 13.2. The highest BCUT2D eigenvalue weighted by Crippen LogP contribution is 2.33. The summed E-state index contributed by atoms with van der Waals surface area (Å²) in [5, 5.41) is 2.50. The molecule has 3 aromatic rings. The Balaban J connectivity index is 1.74. The third kappa shape index (κ3) is 4.54. The zero-order valence-corrected chi connectivity index (χ0v) is 14.8. The van der Waals surface area contributed by atoms with E-state index in [9.17, 15) is 22.4 Å². The minimum absolute atomic E-state index is 0.407. The van der Waals surface area contributed by atoms with Gasteiger partial charge < -0.3 is 5.32 Å². The molecule has 28 heavy (non-hydrogen) atoms. The minimum atomic E-state index is -4.73. The summed E-state index contributed by atoms with van der Waals surface area (Å²) in [6.07, 6.45) is -3.76. The van der Waals surface area contributed by atoms with E-state index in [-0.39, 0.29) is 0 Å². The number of rotatable bonds is 4. The highest BCUT2D eigenvalue weighted by Gasteiger charge is 2.34. The molecule has 7 heteroatoms. The molecule has 0 saturated carbocycles. The molecule has 0 radical (unpaired) electrons. The van der Waals surface area contributed by atoms with Crippen molar-refractivity contribution in [3.05, 3.63) is 83.4 Å². The van der Waals surface area contributed by atoms with Crippen LogP contribution >= 0.6 is 0 Å². The van der Waals surface area contributed by atoms with E-state index in [0.717, 1.165) is 35.0 Å². The predicted molar refractivity (Wildman–Crippen MR) is 98.1 cm³/mol. The average molecular weight is 388 g/mol. The van der Waals surface area contributed by atoms with E-state index in [1.165, 1.54) is 0 Å². The number of aryl methyl sites for hydroxylation is 1. The number of hydrogen-bond acceptors (Lipinski definition) is 2. The van der Waals surface area contributed by atoms with Crippen molar-refractivity contribution in [2.24, 2.45) is 0 Å². The molecule has 0 aliphatic heterocycles. The number of nitrogens with zero attached hydrogens (tertiary/aromatic N) is 1. The lowest BCUT2D eigenvalue weighted by Crippen LogP contribution is -2.19. The summed E-state index contributed by atoms with van der Waals surface area (Å²) in [5.41, 5.74) is 1.30. The van der Waals surface area contributed by atoms with E-state index >= 15 is 0 Å². The Kier molecular flexibility index (Phi) is 5.44. The molecule has 0 unspecified atom stereocenters. The Morgan fingerprint density at radius 3 is 2.39 bits per heavy atom. The maximum atomic E-state index is 13.9. The van der Waals surface area contributed by atoms with Crippen LogP contribution < -0.4 is 5.32 Å². The Morgan fingerprint density at radius 1 is 1.04 bits per heavy atom. The first-order valence-electron chi connectivity index (χ1n) is 8.41. The van der Waals surface area contributed by atoms with Gasteiger partial charge in [0.15, 0.2) is 0 Å². The number of carbonyl (C=O) groups is 1. The van der Waals surface area contributed by atoms with Crippen LogP contribution in [0.2, 0.25) is 0 Å². The van der Waals surface area contributed by atoms with Crippen molar-refractivity contribution in [3.63, 3.8) is 0 Å². The van der Waals surface area contributed by atoms with Crippen molar-refractivity contribution in [2.45, 2.75) is 19.5 Å². The maximum Gasteiger partial charge on any atom is 0.416 e. The summed E-state index contributed by atoms with van der Waals surface area (Å²) >= 11 is 0. The van der Waals surface area contributed by atoms with Gasteiger partial charge >= 0.3 is 6.18 Å². The van der Waals surface area contributed by atoms with Crippen molar-refractivity contribution >= 4 is 11.6 Å². The highest BCUT2D eigenvalue weighted by atomic mass is 19.4. The lowest BCUT2D eigenvalue weighted by molar-refractivity contribution is -0.138. The van der Waals surface area contributed by atoms with Gasteiger partial charge in [0, 0.05) is 23.1 Å². The second-order valence-corrected chi connectivity index (χ2v) is 6.25. The van der Waals surface area contributed by atoms with Crippen molar-refractivity contribution in [1.29, 1.82) is 0 Å². The largest absolute Gasteiger partial charge is 0.416 e. The van der Waals surface area contributed by atoms with E-state index in [0.29, 0.717) is 5.69 Å². The lowest BCUT2D eigenvalue weighted by atomic mass is 10.0. The quantitative estimate of drug-likeness (QED) is 0.609. The van der Waals surface area contributed by atoms with Gasteiger partial charge in [-0.3, -0.25) is 9.78 Å². The standard InChI is InChI=1S/C21H16F4N2O/c1-13-11-15(9-10-26-13)14-5-7-16(8-6-14)27-20(28)12-17-18(21(23,24)25)3-2-4-19(17)22/h2-11H,12H2,1H3,(H,27,28). The smallest absolute Gasteiger partial charge is 0.326 e. The van der Waals surface area contributed by atoms with Crippen molar-refractivity contribution in [3.8, 4) is 11.1 Å². The molecule has 0 atom stereocenters.